The van der Waals surface area contributed by atoms with Crippen LogP contribution in [0.4, 0.5) is 0 Å². The van der Waals surface area contributed by atoms with Crippen molar-refractivity contribution in [3.05, 3.63) is 16.1 Å². The molecule has 1 aliphatic heterocycles. The summed E-state index contributed by atoms with van der Waals surface area (Å²) in [7, 11) is -3.02. The number of aromatic nitrogens is 1. The zero-order valence-corrected chi connectivity index (χ0v) is 12.1. The van der Waals surface area contributed by atoms with Gasteiger partial charge < -0.3 is 11.1 Å². The molecule has 2 rings (SSSR count). The number of hydrogen-bond acceptors (Lipinski definition) is 6. The van der Waals surface area contributed by atoms with Crippen molar-refractivity contribution >= 4 is 27.1 Å². The lowest BCUT2D eigenvalue weighted by molar-refractivity contribution is 0.0949. The van der Waals surface area contributed by atoms with Crippen LogP contribution in [0.1, 0.15) is 28.3 Å². The number of nitrogens with two attached hydrogens (primary N) is 1. The summed E-state index contributed by atoms with van der Waals surface area (Å²) in [6.45, 7) is 0.666. The van der Waals surface area contributed by atoms with Gasteiger partial charge in [-0.3, -0.25) is 4.79 Å². The molecule has 6 nitrogen and oxygen atoms in total. The maximum atomic E-state index is 11.8. The highest BCUT2D eigenvalue weighted by Crippen LogP contribution is 2.19. The van der Waals surface area contributed by atoms with E-state index in [1.54, 1.807) is 5.38 Å². The summed E-state index contributed by atoms with van der Waals surface area (Å²) < 4.78 is 23.2. The summed E-state index contributed by atoms with van der Waals surface area (Å²) in [6, 6.07) is 0. The average molecular weight is 303 g/mol. The minimum atomic E-state index is -3.02. The van der Waals surface area contributed by atoms with Gasteiger partial charge in [0, 0.05) is 18.3 Å². The number of rotatable bonds is 5. The zero-order chi connectivity index (χ0) is 13.9. The lowest BCUT2D eigenvalue weighted by Crippen LogP contribution is -2.34. The van der Waals surface area contributed by atoms with Crippen molar-refractivity contribution in [2.75, 3.05) is 18.8 Å². The molecular formula is C11H17N3O3S2. The molecule has 0 radical (unpaired) electrons. The molecule has 1 aliphatic rings. The van der Waals surface area contributed by atoms with Crippen molar-refractivity contribution in [2.45, 2.75) is 24.5 Å². The molecule has 19 heavy (non-hydrogen) atoms. The SMILES string of the molecule is NCCc1nc(C(=O)NCC2CCCS2(=O)=O)cs1. The smallest absolute Gasteiger partial charge is 0.270 e. The first-order valence-electron chi connectivity index (χ1n) is 6.17. The summed E-state index contributed by atoms with van der Waals surface area (Å²) in [5.74, 6) is -0.0909. The van der Waals surface area contributed by atoms with Crippen LogP contribution in [-0.2, 0) is 16.3 Å². The number of hydrogen-bond donors (Lipinski definition) is 2. The quantitative estimate of drug-likeness (QED) is 0.794. The first kappa shape index (κ1) is 14.4. The van der Waals surface area contributed by atoms with Gasteiger partial charge in [0.2, 0.25) is 0 Å². The monoisotopic (exact) mass is 303 g/mol. The predicted octanol–water partition coefficient (Wildman–Crippen LogP) is -0.0487. The Morgan fingerprint density at radius 2 is 2.37 bits per heavy atom. The van der Waals surface area contributed by atoms with Crippen LogP contribution in [0.2, 0.25) is 0 Å². The average Bonchev–Trinajstić information content (AvgIpc) is 2.93. The normalized spacial score (nSPS) is 21.4. The fourth-order valence-corrected chi connectivity index (χ4v) is 4.60. The second-order valence-electron chi connectivity index (χ2n) is 4.51. The first-order chi connectivity index (χ1) is 9.03. The summed E-state index contributed by atoms with van der Waals surface area (Å²) in [4.78, 5) is 16.0. The molecule has 1 atom stereocenters. The molecule has 0 aromatic carbocycles. The fourth-order valence-electron chi connectivity index (χ4n) is 2.04. The molecule has 106 valence electrons. The largest absolute Gasteiger partial charge is 0.349 e. The van der Waals surface area contributed by atoms with Gasteiger partial charge in [-0.05, 0) is 19.4 Å². The van der Waals surface area contributed by atoms with E-state index in [-0.39, 0.29) is 18.2 Å². The third-order valence-corrected chi connectivity index (χ3v) is 6.28. The lowest BCUT2D eigenvalue weighted by atomic mass is 10.2. The van der Waals surface area contributed by atoms with Crippen molar-refractivity contribution in [1.82, 2.24) is 10.3 Å². The van der Waals surface area contributed by atoms with Crippen LogP contribution >= 0.6 is 11.3 Å². The number of sulfone groups is 1. The van der Waals surface area contributed by atoms with E-state index in [1.165, 1.54) is 11.3 Å². The van der Waals surface area contributed by atoms with E-state index in [0.29, 0.717) is 31.5 Å². The lowest BCUT2D eigenvalue weighted by Gasteiger charge is -2.09. The minimum Gasteiger partial charge on any atom is -0.349 e. The molecule has 1 aromatic rings. The molecule has 8 heteroatoms. The Balaban J connectivity index is 1.90. The van der Waals surface area contributed by atoms with Crippen molar-refractivity contribution < 1.29 is 13.2 Å². The highest BCUT2D eigenvalue weighted by Gasteiger charge is 2.31. The number of nitrogens with zero attached hydrogens (tertiary/aromatic N) is 1. The molecule has 2 heterocycles. The molecule has 1 aromatic heterocycles. The number of nitrogens with one attached hydrogen (secondary N) is 1. The van der Waals surface area contributed by atoms with Crippen LogP contribution in [0.25, 0.3) is 0 Å². The number of carbonyl (C=O) groups is 1. The maximum Gasteiger partial charge on any atom is 0.270 e. The van der Waals surface area contributed by atoms with Crippen LogP contribution < -0.4 is 11.1 Å². The molecule has 1 fully saturated rings. The summed E-state index contributed by atoms with van der Waals surface area (Å²) in [5, 5.41) is 4.69. The predicted molar refractivity (Wildman–Crippen MR) is 74.0 cm³/mol. The Kier molecular flexibility index (Phi) is 4.54. The topological polar surface area (TPSA) is 102 Å². The van der Waals surface area contributed by atoms with Crippen molar-refractivity contribution in [2.24, 2.45) is 5.73 Å². The van der Waals surface area contributed by atoms with Gasteiger partial charge >= 0.3 is 0 Å². The highest BCUT2D eigenvalue weighted by molar-refractivity contribution is 7.92. The number of thiazole rings is 1. The van der Waals surface area contributed by atoms with Crippen LogP contribution in [0.3, 0.4) is 0 Å². The Labute approximate surface area is 116 Å². The van der Waals surface area contributed by atoms with Crippen molar-refractivity contribution in [3.8, 4) is 0 Å². The molecule has 3 N–H and O–H groups in total. The van der Waals surface area contributed by atoms with E-state index in [2.05, 4.69) is 10.3 Å². The summed E-state index contributed by atoms with van der Waals surface area (Å²) >= 11 is 1.39. The van der Waals surface area contributed by atoms with Gasteiger partial charge in [0.1, 0.15) is 5.69 Å². The van der Waals surface area contributed by atoms with E-state index >= 15 is 0 Å². The molecule has 1 amide bonds. The third kappa shape index (κ3) is 3.52. The fraction of sp³-hybridized carbons (Fsp3) is 0.636. The molecule has 0 spiro atoms. The van der Waals surface area contributed by atoms with Crippen LogP contribution in [0.15, 0.2) is 5.38 Å². The van der Waals surface area contributed by atoms with Gasteiger partial charge in [0.15, 0.2) is 9.84 Å². The summed E-state index contributed by atoms with van der Waals surface area (Å²) in [5.41, 5.74) is 5.75. The standard InChI is InChI=1S/C11H17N3O3S2/c12-4-3-10-14-9(7-18-10)11(15)13-6-8-2-1-5-19(8,16)17/h7-8H,1-6,12H2,(H,13,15). The molecule has 0 bridgehead atoms. The Hall–Kier alpha value is -0.990. The van der Waals surface area contributed by atoms with E-state index in [1.807, 2.05) is 0 Å². The maximum absolute atomic E-state index is 11.8. The van der Waals surface area contributed by atoms with Gasteiger partial charge in [-0.25, -0.2) is 13.4 Å². The minimum absolute atomic E-state index is 0.172. The van der Waals surface area contributed by atoms with Crippen LogP contribution in [-0.4, -0.2) is 43.4 Å². The van der Waals surface area contributed by atoms with Gasteiger partial charge in [0.25, 0.3) is 5.91 Å². The second kappa shape index (κ2) is 5.98. The third-order valence-electron chi connectivity index (χ3n) is 3.10. The van der Waals surface area contributed by atoms with Crippen LogP contribution in [0, 0.1) is 0 Å². The molecule has 1 unspecified atom stereocenters. The first-order valence-corrected chi connectivity index (χ1v) is 8.76. The highest BCUT2D eigenvalue weighted by atomic mass is 32.2. The van der Waals surface area contributed by atoms with E-state index in [9.17, 15) is 13.2 Å². The van der Waals surface area contributed by atoms with Crippen molar-refractivity contribution in [1.29, 1.82) is 0 Å². The molecule has 1 saturated heterocycles. The van der Waals surface area contributed by atoms with Gasteiger partial charge in [-0.1, -0.05) is 0 Å². The Morgan fingerprint density at radius 3 is 3.00 bits per heavy atom. The summed E-state index contributed by atoms with van der Waals surface area (Å²) in [6.07, 6.45) is 1.95. The molecular weight excluding hydrogens is 286 g/mol. The van der Waals surface area contributed by atoms with Gasteiger partial charge in [-0.2, -0.15) is 0 Å². The van der Waals surface area contributed by atoms with Crippen molar-refractivity contribution in [3.63, 3.8) is 0 Å². The van der Waals surface area contributed by atoms with E-state index < -0.39 is 15.1 Å². The number of amides is 1. The van der Waals surface area contributed by atoms with E-state index in [4.69, 9.17) is 5.73 Å². The molecule has 0 saturated carbocycles. The Bertz CT molecular complexity index is 553. The van der Waals surface area contributed by atoms with Gasteiger partial charge in [0.05, 0.1) is 16.0 Å². The molecule has 0 aliphatic carbocycles. The zero-order valence-electron chi connectivity index (χ0n) is 10.5. The van der Waals surface area contributed by atoms with Gasteiger partial charge in [-0.15, -0.1) is 11.3 Å². The Morgan fingerprint density at radius 1 is 1.58 bits per heavy atom. The van der Waals surface area contributed by atoms with E-state index in [0.717, 1.165) is 5.01 Å². The number of carbonyl (C=O) groups excluding carboxylic acids is 1. The second-order valence-corrected chi connectivity index (χ2v) is 7.85. The van der Waals surface area contributed by atoms with Crippen LogP contribution in [0.5, 0.6) is 0 Å².